The van der Waals surface area contributed by atoms with Gasteiger partial charge in [-0.3, -0.25) is 10.1 Å². The molecule has 0 aliphatic carbocycles. The molecule has 48 heavy (non-hydrogen) atoms. The predicted molar refractivity (Wildman–Crippen MR) is 175 cm³/mol. The van der Waals surface area contributed by atoms with Crippen LogP contribution in [0, 0.1) is 6.92 Å². The van der Waals surface area contributed by atoms with Gasteiger partial charge in [0, 0.05) is 28.8 Å². The number of alkyl halides is 3. The van der Waals surface area contributed by atoms with E-state index in [1.165, 1.54) is 11.8 Å². The molecule has 0 saturated heterocycles. The van der Waals surface area contributed by atoms with Crippen molar-refractivity contribution in [3.05, 3.63) is 157 Å². The predicted octanol–water partition coefficient (Wildman–Crippen LogP) is 8.65. The van der Waals surface area contributed by atoms with Gasteiger partial charge in [0.15, 0.2) is 5.82 Å². The van der Waals surface area contributed by atoms with Crippen LogP contribution in [-0.4, -0.2) is 35.2 Å². The smallest absolute Gasteiger partial charge is 0.311 e. The standard InChI is InChI=1S/C27H22N4.C9H7F3N4.Pt/c1-4-10-22(11-5-1)20-30-21-27(28-29-30)23-16-18-26(19-17-23)31(24-12-6-2-7-13-24)25-14-8-3-9-15-25;1-5-2-3-13-6(4-5)7-14-8(16-15-7)9(10,11)12;/h1-19,21H,20H2;2-4H,1H3,(H,14,15,16);/q;;+2. The molecule has 0 bridgehead atoms. The number of pyridine rings is 1. The molecule has 0 amide bonds. The number of benzene rings is 4. The van der Waals surface area contributed by atoms with Gasteiger partial charge >= 0.3 is 27.2 Å². The number of aromatic amines is 1. The quantitative estimate of drug-likeness (QED) is 0.173. The monoisotopic (exact) mass is 825 g/mol. The fourth-order valence-electron chi connectivity index (χ4n) is 4.82. The number of anilines is 3. The summed E-state index contributed by atoms with van der Waals surface area (Å²) in [7, 11) is 0. The van der Waals surface area contributed by atoms with Gasteiger partial charge in [-0.25, -0.2) is 9.67 Å². The molecule has 7 rings (SSSR count). The van der Waals surface area contributed by atoms with Crippen molar-refractivity contribution in [2.75, 3.05) is 4.90 Å². The van der Waals surface area contributed by atoms with Gasteiger partial charge in [-0.05, 0) is 66.6 Å². The third-order valence-electron chi connectivity index (χ3n) is 7.07. The topological polar surface area (TPSA) is 88.4 Å². The molecule has 8 nitrogen and oxygen atoms in total. The minimum atomic E-state index is -4.52. The fourth-order valence-corrected chi connectivity index (χ4v) is 4.82. The van der Waals surface area contributed by atoms with Gasteiger partial charge in [0.2, 0.25) is 5.82 Å². The first-order chi connectivity index (χ1) is 22.8. The van der Waals surface area contributed by atoms with E-state index in [1.54, 1.807) is 12.1 Å². The van der Waals surface area contributed by atoms with Crippen molar-refractivity contribution in [1.82, 2.24) is 35.2 Å². The van der Waals surface area contributed by atoms with E-state index in [9.17, 15) is 13.2 Å². The van der Waals surface area contributed by atoms with Gasteiger partial charge in [0.25, 0.3) is 0 Å². The van der Waals surface area contributed by atoms with Crippen molar-refractivity contribution < 1.29 is 34.2 Å². The summed E-state index contributed by atoms with van der Waals surface area (Å²) in [6.07, 6.45) is -1.03. The zero-order valence-corrected chi connectivity index (χ0v) is 27.8. The Morgan fingerprint density at radius 2 is 1.31 bits per heavy atom. The molecule has 3 heterocycles. The number of para-hydroxylation sites is 2. The van der Waals surface area contributed by atoms with E-state index in [0.717, 1.165) is 33.9 Å². The normalized spacial score (nSPS) is 10.8. The molecule has 3 aromatic heterocycles. The number of hydrogen-bond acceptors (Lipinski definition) is 6. The van der Waals surface area contributed by atoms with Crippen LogP contribution < -0.4 is 4.90 Å². The molecule has 0 aliphatic rings. The second-order valence-corrected chi connectivity index (χ2v) is 10.6. The van der Waals surface area contributed by atoms with Crippen molar-refractivity contribution in [2.24, 2.45) is 0 Å². The summed E-state index contributed by atoms with van der Waals surface area (Å²) >= 11 is 0. The maximum Gasteiger partial charge on any atom is 2.00 e. The van der Waals surface area contributed by atoms with Gasteiger partial charge < -0.3 is 4.90 Å². The minimum absolute atomic E-state index is 0. The molecule has 0 spiro atoms. The van der Waals surface area contributed by atoms with Crippen LogP contribution >= 0.6 is 0 Å². The van der Waals surface area contributed by atoms with Crippen LogP contribution in [0.4, 0.5) is 30.2 Å². The minimum Gasteiger partial charge on any atom is -0.311 e. The van der Waals surface area contributed by atoms with Gasteiger partial charge in [-0.1, -0.05) is 84.1 Å². The van der Waals surface area contributed by atoms with Crippen LogP contribution in [0.1, 0.15) is 17.0 Å². The van der Waals surface area contributed by atoms with E-state index >= 15 is 0 Å². The molecular formula is C36H29F3N8Pt+2. The first kappa shape index (κ1) is 33.9. The number of hydrogen-bond donors (Lipinski definition) is 1. The van der Waals surface area contributed by atoms with Gasteiger partial charge in [-0.15, -0.1) is 5.10 Å². The first-order valence-electron chi connectivity index (χ1n) is 14.7. The Morgan fingerprint density at radius 3 is 1.88 bits per heavy atom. The van der Waals surface area contributed by atoms with E-state index in [2.05, 4.69) is 115 Å². The Labute approximate surface area is 289 Å². The molecule has 7 aromatic rings. The molecule has 0 radical (unpaired) electrons. The maximum absolute atomic E-state index is 12.2. The first-order valence-corrected chi connectivity index (χ1v) is 14.7. The van der Waals surface area contributed by atoms with Crippen molar-refractivity contribution in [3.8, 4) is 22.8 Å². The summed E-state index contributed by atoms with van der Waals surface area (Å²) in [6, 6.07) is 42.9. The zero-order chi connectivity index (χ0) is 32.6. The van der Waals surface area contributed by atoms with Crippen molar-refractivity contribution >= 4 is 17.1 Å². The molecule has 4 aromatic carbocycles. The molecule has 0 saturated carbocycles. The van der Waals surface area contributed by atoms with E-state index < -0.39 is 12.0 Å². The number of halogens is 3. The second-order valence-electron chi connectivity index (χ2n) is 10.6. The average Bonchev–Trinajstić information content (AvgIpc) is 3.78. The number of nitrogens with zero attached hydrogens (tertiary/aromatic N) is 7. The van der Waals surface area contributed by atoms with Gasteiger partial charge in [-0.2, -0.15) is 18.3 Å². The summed E-state index contributed by atoms with van der Waals surface area (Å²) in [5, 5.41) is 14.0. The van der Waals surface area contributed by atoms with Crippen LogP contribution in [-0.2, 0) is 33.8 Å². The van der Waals surface area contributed by atoms with Crippen LogP contribution in [0.2, 0.25) is 0 Å². The number of aromatic nitrogens is 7. The van der Waals surface area contributed by atoms with Crippen LogP contribution in [0.3, 0.4) is 0 Å². The summed E-state index contributed by atoms with van der Waals surface area (Å²) < 4.78 is 38.6. The zero-order valence-electron chi connectivity index (χ0n) is 25.6. The molecule has 242 valence electrons. The molecule has 0 aliphatic heterocycles. The Balaban J connectivity index is 0.000000224. The van der Waals surface area contributed by atoms with Crippen molar-refractivity contribution in [1.29, 1.82) is 0 Å². The number of nitrogens with one attached hydrogen (secondary N) is 1. The molecule has 0 atom stereocenters. The average molecular weight is 826 g/mol. The Bertz CT molecular complexity index is 1970. The molecule has 0 fully saturated rings. The van der Waals surface area contributed by atoms with Crippen molar-refractivity contribution in [2.45, 2.75) is 19.6 Å². The SMILES string of the molecule is Cc1ccnc(-c2n[nH]c(C(F)(F)F)n2)c1.[Pt+2].c1ccc(Cn2cc(-c3ccc(N(c4ccccc4)c4ccccc4)cc3)nn2)cc1. The third-order valence-corrected chi connectivity index (χ3v) is 7.07. The molecule has 12 heteroatoms. The van der Waals surface area contributed by atoms with E-state index in [-0.39, 0.29) is 26.9 Å². The molecular weight excluding hydrogens is 797 g/mol. The van der Waals surface area contributed by atoms with Gasteiger partial charge in [0.1, 0.15) is 11.4 Å². The second kappa shape index (κ2) is 15.5. The molecule has 1 N–H and O–H groups in total. The van der Waals surface area contributed by atoms with Crippen molar-refractivity contribution in [3.63, 3.8) is 0 Å². The Hall–Kier alpha value is -5.41. The van der Waals surface area contributed by atoms with Crippen LogP contribution in [0.5, 0.6) is 0 Å². The summed E-state index contributed by atoms with van der Waals surface area (Å²) in [5.41, 5.74) is 7.65. The summed E-state index contributed by atoms with van der Waals surface area (Å²) in [5.74, 6) is -1.18. The summed E-state index contributed by atoms with van der Waals surface area (Å²) in [6.45, 7) is 2.52. The van der Waals surface area contributed by atoms with Crippen LogP contribution in [0.25, 0.3) is 22.8 Å². The van der Waals surface area contributed by atoms with E-state index in [1.807, 2.05) is 53.2 Å². The maximum atomic E-state index is 12.2. The van der Waals surface area contributed by atoms with E-state index in [4.69, 9.17) is 0 Å². The third kappa shape index (κ3) is 8.48. The van der Waals surface area contributed by atoms with E-state index in [0.29, 0.717) is 12.2 Å². The number of aryl methyl sites for hydroxylation is 1. The van der Waals surface area contributed by atoms with Gasteiger partial charge in [0.05, 0.1) is 12.7 Å². The Morgan fingerprint density at radius 1 is 0.729 bits per heavy atom. The summed E-state index contributed by atoms with van der Waals surface area (Å²) in [4.78, 5) is 9.48. The Kier molecular flexibility index (Phi) is 10.9. The molecule has 0 unspecified atom stereocenters. The number of rotatable bonds is 7. The van der Waals surface area contributed by atoms with Crippen LogP contribution in [0.15, 0.2) is 140 Å². The fraction of sp³-hybridized carbons (Fsp3) is 0.0833. The number of H-pyrrole nitrogens is 1. The largest absolute Gasteiger partial charge is 2.00 e.